The summed E-state index contributed by atoms with van der Waals surface area (Å²) < 4.78 is 46.9. The van der Waals surface area contributed by atoms with Gasteiger partial charge in [0.25, 0.3) is 0 Å². The van der Waals surface area contributed by atoms with Crippen LogP contribution in [-0.2, 0) is 9.53 Å². The maximum absolute atomic E-state index is 13.9. The van der Waals surface area contributed by atoms with E-state index in [1.165, 1.54) is 12.1 Å². The van der Waals surface area contributed by atoms with E-state index in [4.69, 9.17) is 4.74 Å². The minimum Gasteiger partial charge on any atom is -0.371 e. The SMILES string of the molecule is O=C(Nc1ccc(C(=O)C2(C(F)(F)F)CNCCO2)c(N2CCCC2)c1)C1CC1. The Morgan fingerprint density at radius 3 is 2.52 bits per heavy atom. The molecule has 1 aromatic carbocycles. The molecular weight excluding hydrogens is 387 g/mol. The number of hydrogen-bond acceptors (Lipinski definition) is 5. The molecule has 1 aliphatic carbocycles. The van der Waals surface area contributed by atoms with E-state index in [2.05, 4.69) is 10.6 Å². The van der Waals surface area contributed by atoms with Crippen molar-refractivity contribution in [2.45, 2.75) is 37.5 Å². The number of morpholine rings is 1. The molecule has 2 aliphatic heterocycles. The van der Waals surface area contributed by atoms with Crippen molar-refractivity contribution >= 4 is 23.1 Å². The number of nitrogens with zero attached hydrogens (tertiary/aromatic N) is 1. The van der Waals surface area contributed by atoms with Crippen molar-refractivity contribution in [3.05, 3.63) is 23.8 Å². The van der Waals surface area contributed by atoms with E-state index in [0.717, 1.165) is 25.7 Å². The quantitative estimate of drug-likeness (QED) is 0.730. The average Bonchev–Trinajstić information content (AvgIpc) is 3.42. The van der Waals surface area contributed by atoms with Gasteiger partial charge in [-0.3, -0.25) is 9.59 Å². The van der Waals surface area contributed by atoms with E-state index in [1.807, 2.05) is 4.90 Å². The third-order valence-corrected chi connectivity index (χ3v) is 5.73. The van der Waals surface area contributed by atoms with E-state index in [0.29, 0.717) is 24.5 Å². The zero-order valence-corrected chi connectivity index (χ0v) is 16.0. The number of ether oxygens (including phenoxy) is 1. The zero-order valence-electron chi connectivity index (χ0n) is 16.0. The molecule has 4 rings (SSSR count). The molecule has 3 fully saturated rings. The number of benzene rings is 1. The van der Waals surface area contributed by atoms with Crippen LogP contribution >= 0.6 is 0 Å². The summed E-state index contributed by atoms with van der Waals surface area (Å²) in [6, 6.07) is 4.48. The highest BCUT2D eigenvalue weighted by Crippen LogP contribution is 2.40. The first-order valence-corrected chi connectivity index (χ1v) is 9.98. The molecule has 2 saturated heterocycles. The minimum atomic E-state index is -4.85. The number of alkyl halides is 3. The van der Waals surface area contributed by atoms with Gasteiger partial charge in [0.1, 0.15) is 0 Å². The highest BCUT2D eigenvalue weighted by molar-refractivity contribution is 6.08. The molecule has 9 heteroatoms. The van der Waals surface area contributed by atoms with Crippen molar-refractivity contribution in [2.24, 2.45) is 5.92 Å². The van der Waals surface area contributed by atoms with Crippen LogP contribution in [0.4, 0.5) is 24.5 Å². The number of ketones is 1. The van der Waals surface area contributed by atoms with Gasteiger partial charge in [-0.05, 0) is 43.9 Å². The molecule has 1 saturated carbocycles. The standard InChI is InChI=1S/C20H24F3N3O3/c21-20(22,23)19(12-24-7-10-29-19)17(27)15-6-5-14(25-18(28)13-3-4-13)11-16(15)26-8-1-2-9-26/h5-6,11,13,24H,1-4,7-10,12H2,(H,25,28). The number of nitrogens with one attached hydrogen (secondary N) is 2. The fraction of sp³-hybridized carbons (Fsp3) is 0.600. The highest BCUT2D eigenvalue weighted by Gasteiger charge is 2.62. The largest absolute Gasteiger partial charge is 0.426 e. The lowest BCUT2D eigenvalue weighted by Gasteiger charge is -2.38. The van der Waals surface area contributed by atoms with Gasteiger partial charge < -0.3 is 20.3 Å². The van der Waals surface area contributed by atoms with Crippen LogP contribution in [0.15, 0.2) is 18.2 Å². The Labute approximate surface area is 166 Å². The number of carbonyl (C=O) groups excluding carboxylic acids is 2. The van der Waals surface area contributed by atoms with Crippen molar-refractivity contribution in [3.63, 3.8) is 0 Å². The summed E-state index contributed by atoms with van der Waals surface area (Å²) in [5.74, 6) is -1.19. The van der Waals surface area contributed by atoms with Crippen LogP contribution in [0, 0.1) is 5.92 Å². The lowest BCUT2D eigenvalue weighted by atomic mass is 9.89. The summed E-state index contributed by atoms with van der Waals surface area (Å²) in [4.78, 5) is 27.2. The Bertz CT molecular complexity index is 796. The molecule has 0 radical (unpaired) electrons. The highest BCUT2D eigenvalue weighted by atomic mass is 19.4. The maximum Gasteiger partial charge on any atom is 0.426 e. The first-order valence-electron chi connectivity index (χ1n) is 9.98. The first-order chi connectivity index (χ1) is 13.8. The fourth-order valence-corrected chi connectivity index (χ4v) is 3.90. The number of hydrogen-bond donors (Lipinski definition) is 2. The van der Waals surface area contributed by atoms with Gasteiger partial charge in [-0.25, -0.2) is 0 Å². The molecule has 0 spiro atoms. The van der Waals surface area contributed by atoms with Gasteiger partial charge in [0.15, 0.2) is 0 Å². The van der Waals surface area contributed by atoms with Crippen LogP contribution in [0.5, 0.6) is 0 Å². The fourth-order valence-electron chi connectivity index (χ4n) is 3.90. The number of halogens is 3. The molecule has 2 heterocycles. The second-order valence-electron chi connectivity index (χ2n) is 7.87. The normalized spacial score (nSPS) is 25.1. The van der Waals surface area contributed by atoms with Crippen molar-refractivity contribution in [1.29, 1.82) is 0 Å². The van der Waals surface area contributed by atoms with Crippen LogP contribution in [0.2, 0.25) is 0 Å². The van der Waals surface area contributed by atoms with Gasteiger partial charge in [0.2, 0.25) is 17.3 Å². The monoisotopic (exact) mass is 411 g/mol. The predicted octanol–water partition coefficient (Wildman–Crippen LogP) is 2.74. The summed E-state index contributed by atoms with van der Waals surface area (Å²) in [6.45, 7) is 0.752. The average molecular weight is 411 g/mol. The molecule has 1 unspecified atom stereocenters. The summed E-state index contributed by atoms with van der Waals surface area (Å²) >= 11 is 0. The molecule has 1 amide bonds. The van der Waals surface area contributed by atoms with Crippen LogP contribution in [0.3, 0.4) is 0 Å². The molecule has 3 aliphatic rings. The predicted molar refractivity (Wildman–Crippen MR) is 101 cm³/mol. The van der Waals surface area contributed by atoms with Gasteiger partial charge in [-0.2, -0.15) is 13.2 Å². The lowest BCUT2D eigenvalue weighted by Crippen LogP contribution is -2.63. The smallest absolute Gasteiger partial charge is 0.371 e. The topological polar surface area (TPSA) is 70.7 Å². The molecule has 1 atom stereocenters. The van der Waals surface area contributed by atoms with Crippen molar-refractivity contribution < 1.29 is 27.5 Å². The van der Waals surface area contributed by atoms with Gasteiger partial charge in [-0.1, -0.05) is 0 Å². The third kappa shape index (κ3) is 3.85. The summed E-state index contributed by atoms with van der Waals surface area (Å²) in [7, 11) is 0. The molecule has 29 heavy (non-hydrogen) atoms. The van der Waals surface area contributed by atoms with Gasteiger partial charge in [0.05, 0.1) is 6.61 Å². The van der Waals surface area contributed by atoms with Crippen molar-refractivity contribution in [3.8, 4) is 0 Å². The number of Topliss-reactive ketones (excluding diaryl/α,β-unsaturated/α-hetero) is 1. The second-order valence-corrected chi connectivity index (χ2v) is 7.87. The number of rotatable bonds is 5. The molecule has 0 bridgehead atoms. The molecule has 0 aromatic heterocycles. The molecule has 2 N–H and O–H groups in total. The van der Waals surface area contributed by atoms with Gasteiger partial charge >= 0.3 is 6.18 Å². The summed E-state index contributed by atoms with van der Waals surface area (Å²) in [6.07, 6.45) is -1.36. The lowest BCUT2D eigenvalue weighted by molar-refractivity contribution is -0.259. The van der Waals surface area contributed by atoms with Crippen LogP contribution in [-0.4, -0.2) is 56.3 Å². The molecule has 158 valence electrons. The molecular formula is C20H24F3N3O3. The van der Waals surface area contributed by atoms with E-state index in [-0.39, 0.29) is 30.5 Å². The number of anilines is 2. The minimum absolute atomic E-state index is 0.00163. The Balaban J connectivity index is 1.70. The van der Waals surface area contributed by atoms with Gasteiger partial charge in [-0.15, -0.1) is 0 Å². The summed E-state index contributed by atoms with van der Waals surface area (Å²) in [5.41, 5.74) is -2.03. The third-order valence-electron chi connectivity index (χ3n) is 5.73. The van der Waals surface area contributed by atoms with Crippen LogP contribution in [0.1, 0.15) is 36.0 Å². The van der Waals surface area contributed by atoms with Crippen LogP contribution < -0.4 is 15.5 Å². The Hall–Kier alpha value is -2.13. The number of carbonyl (C=O) groups is 2. The van der Waals surface area contributed by atoms with E-state index in [1.54, 1.807) is 6.07 Å². The zero-order chi connectivity index (χ0) is 20.6. The van der Waals surface area contributed by atoms with Crippen LogP contribution in [0.25, 0.3) is 0 Å². The summed E-state index contributed by atoms with van der Waals surface area (Å²) in [5, 5.41) is 5.45. The number of amides is 1. The van der Waals surface area contributed by atoms with E-state index in [9.17, 15) is 22.8 Å². The molecule has 6 nitrogen and oxygen atoms in total. The van der Waals surface area contributed by atoms with Gasteiger partial charge in [0, 0.05) is 49.0 Å². The van der Waals surface area contributed by atoms with E-state index >= 15 is 0 Å². The Kier molecular flexibility index (Phi) is 5.29. The Morgan fingerprint density at radius 1 is 1.21 bits per heavy atom. The second kappa shape index (κ2) is 7.60. The van der Waals surface area contributed by atoms with Crippen molar-refractivity contribution in [2.75, 3.05) is 43.0 Å². The van der Waals surface area contributed by atoms with E-state index < -0.39 is 24.1 Å². The Morgan fingerprint density at radius 2 is 1.93 bits per heavy atom. The van der Waals surface area contributed by atoms with Crippen molar-refractivity contribution in [1.82, 2.24) is 5.32 Å². The molecule has 1 aromatic rings. The maximum atomic E-state index is 13.9. The first kappa shape index (κ1) is 20.2.